The van der Waals surface area contributed by atoms with Gasteiger partial charge in [-0.3, -0.25) is 9.69 Å². The van der Waals surface area contributed by atoms with Gasteiger partial charge in [-0.05, 0) is 17.5 Å². The summed E-state index contributed by atoms with van der Waals surface area (Å²) in [7, 11) is 0. The summed E-state index contributed by atoms with van der Waals surface area (Å²) in [5.74, 6) is 1.25. The second-order valence-corrected chi connectivity index (χ2v) is 6.52. The second-order valence-electron chi connectivity index (χ2n) is 5.57. The van der Waals surface area contributed by atoms with Crippen LogP contribution in [0.4, 0.5) is 0 Å². The third-order valence-corrected chi connectivity index (χ3v) is 4.85. The molecule has 1 saturated heterocycles. The summed E-state index contributed by atoms with van der Waals surface area (Å²) >= 11 is 1.58. The van der Waals surface area contributed by atoms with Gasteiger partial charge in [-0.25, -0.2) is 0 Å². The number of aromatic nitrogens is 2. The molecule has 0 aliphatic carbocycles. The van der Waals surface area contributed by atoms with E-state index in [9.17, 15) is 4.79 Å². The van der Waals surface area contributed by atoms with E-state index in [1.807, 2.05) is 22.4 Å². The van der Waals surface area contributed by atoms with E-state index >= 15 is 0 Å². The number of rotatable bonds is 4. The Hall–Kier alpha value is -2.45. The average molecular weight is 344 g/mol. The van der Waals surface area contributed by atoms with Gasteiger partial charge in [0.05, 0.1) is 23.2 Å². The Kier molecular flexibility index (Phi) is 4.14. The van der Waals surface area contributed by atoms with Crippen LogP contribution in [-0.2, 0) is 6.54 Å². The Labute approximate surface area is 142 Å². The maximum Gasteiger partial charge on any atom is 0.268 e. The lowest BCUT2D eigenvalue weighted by atomic mass is 10.2. The molecule has 3 aromatic rings. The number of furan rings is 1. The molecule has 1 fully saturated rings. The van der Waals surface area contributed by atoms with Crippen molar-refractivity contribution in [1.29, 1.82) is 0 Å². The number of nitrogens with zero attached hydrogens (tertiary/aromatic N) is 4. The monoisotopic (exact) mass is 344 g/mol. The van der Waals surface area contributed by atoms with Crippen molar-refractivity contribution in [1.82, 2.24) is 19.9 Å². The lowest BCUT2D eigenvalue weighted by Crippen LogP contribution is -2.48. The van der Waals surface area contributed by atoms with E-state index in [4.69, 9.17) is 8.94 Å². The van der Waals surface area contributed by atoms with E-state index in [-0.39, 0.29) is 5.91 Å². The fourth-order valence-electron chi connectivity index (χ4n) is 2.70. The highest BCUT2D eigenvalue weighted by Crippen LogP contribution is 2.22. The molecule has 4 heterocycles. The molecule has 0 N–H and O–H groups in total. The molecule has 4 rings (SSSR count). The Morgan fingerprint density at radius 3 is 2.83 bits per heavy atom. The van der Waals surface area contributed by atoms with Gasteiger partial charge in [0.25, 0.3) is 11.8 Å². The summed E-state index contributed by atoms with van der Waals surface area (Å²) in [6.07, 6.45) is 3.00. The minimum atomic E-state index is 0.0166. The number of hydrogen-bond acceptors (Lipinski definition) is 7. The van der Waals surface area contributed by atoms with E-state index < -0.39 is 0 Å². The third-order valence-electron chi connectivity index (χ3n) is 3.99. The lowest BCUT2D eigenvalue weighted by molar-refractivity contribution is 0.0623. The van der Waals surface area contributed by atoms with Gasteiger partial charge in [0.15, 0.2) is 5.82 Å². The lowest BCUT2D eigenvalue weighted by Gasteiger charge is -2.33. The number of carbonyl (C=O) groups is 1. The van der Waals surface area contributed by atoms with Crippen LogP contribution in [0.2, 0.25) is 0 Å². The molecular weight excluding hydrogens is 328 g/mol. The van der Waals surface area contributed by atoms with Crippen molar-refractivity contribution in [3.63, 3.8) is 0 Å². The first kappa shape index (κ1) is 15.1. The molecule has 0 unspecified atom stereocenters. The van der Waals surface area contributed by atoms with Gasteiger partial charge < -0.3 is 13.8 Å². The van der Waals surface area contributed by atoms with Crippen molar-refractivity contribution in [2.75, 3.05) is 26.2 Å². The van der Waals surface area contributed by atoms with E-state index in [1.54, 1.807) is 17.4 Å². The van der Waals surface area contributed by atoms with Gasteiger partial charge in [0, 0.05) is 26.2 Å². The molecule has 0 spiro atoms. The van der Waals surface area contributed by atoms with E-state index in [1.165, 1.54) is 12.5 Å². The molecule has 8 heteroatoms. The molecule has 24 heavy (non-hydrogen) atoms. The number of thiophene rings is 1. The Bertz CT molecular complexity index is 789. The van der Waals surface area contributed by atoms with E-state index in [0.717, 1.165) is 18.0 Å². The van der Waals surface area contributed by atoms with Crippen LogP contribution < -0.4 is 0 Å². The van der Waals surface area contributed by atoms with Crippen molar-refractivity contribution >= 4 is 17.2 Å². The molecular formula is C16H16N4O3S. The molecule has 1 aliphatic heterocycles. The van der Waals surface area contributed by atoms with Crippen LogP contribution in [-0.4, -0.2) is 52.0 Å². The average Bonchev–Trinajstić information content (AvgIpc) is 3.36. The summed E-state index contributed by atoms with van der Waals surface area (Å²) in [6, 6.07) is 5.61. The highest BCUT2D eigenvalue weighted by molar-refractivity contribution is 7.13. The molecule has 0 saturated carbocycles. The van der Waals surface area contributed by atoms with Gasteiger partial charge in [0.2, 0.25) is 0 Å². The predicted molar refractivity (Wildman–Crippen MR) is 87.5 cm³/mol. The first-order valence-electron chi connectivity index (χ1n) is 7.70. The number of carbonyl (C=O) groups excluding carboxylic acids is 1. The molecule has 0 atom stereocenters. The maximum absolute atomic E-state index is 12.3. The quantitative estimate of drug-likeness (QED) is 0.723. The summed E-state index contributed by atoms with van der Waals surface area (Å²) in [6.45, 7) is 3.56. The maximum atomic E-state index is 12.3. The summed E-state index contributed by atoms with van der Waals surface area (Å²) in [5, 5.41) is 6.03. The van der Waals surface area contributed by atoms with Gasteiger partial charge in [-0.1, -0.05) is 11.2 Å². The number of piperazine rings is 1. The SMILES string of the molecule is O=C(c1ccoc1)N1CCN(Cc2noc(-c3cccs3)n2)CC1. The van der Waals surface area contributed by atoms with Crippen LogP contribution in [0.1, 0.15) is 16.2 Å². The Morgan fingerprint density at radius 2 is 2.12 bits per heavy atom. The first-order valence-corrected chi connectivity index (χ1v) is 8.58. The van der Waals surface area contributed by atoms with Gasteiger partial charge >= 0.3 is 0 Å². The third kappa shape index (κ3) is 3.10. The van der Waals surface area contributed by atoms with Crippen LogP contribution in [0.15, 0.2) is 45.0 Å². The van der Waals surface area contributed by atoms with Crippen LogP contribution in [0.3, 0.4) is 0 Å². The zero-order valence-corrected chi connectivity index (χ0v) is 13.7. The molecule has 0 bridgehead atoms. The zero-order chi connectivity index (χ0) is 16.4. The molecule has 124 valence electrons. The number of amides is 1. The highest BCUT2D eigenvalue weighted by Gasteiger charge is 2.23. The second kappa shape index (κ2) is 6.58. The summed E-state index contributed by atoms with van der Waals surface area (Å²) in [4.78, 5) is 21.8. The van der Waals surface area contributed by atoms with Crippen LogP contribution >= 0.6 is 11.3 Å². The predicted octanol–water partition coefficient (Wildman–Crippen LogP) is 2.35. The largest absolute Gasteiger partial charge is 0.472 e. The molecule has 3 aromatic heterocycles. The van der Waals surface area contributed by atoms with Gasteiger partial charge in [-0.2, -0.15) is 4.98 Å². The summed E-state index contributed by atoms with van der Waals surface area (Å²) in [5.41, 5.74) is 0.599. The zero-order valence-electron chi connectivity index (χ0n) is 12.9. The van der Waals surface area contributed by atoms with E-state index in [2.05, 4.69) is 15.0 Å². The number of hydrogen-bond donors (Lipinski definition) is 0. The molecule has 0 aromatic carbocycles. The fraction of sp³-hybridized carbons (Fsp3) is 0.312. The topological polar surface area (TPSA) is 75.6 Å². The van der Waals surface area contributed by atoms with Crippen LogP contribution in [0, 0.1) is 0 Å². The normalized spacial score (nSPS) is 15.8. The van der Waals surface area contributed by atoms with Crippen LogP contribution in [0.5, 0.6) is 0 Å². The standard InChI is InChI=1S/C16H16N4O3S/c21-16(12-3-8-22-11-12)20-6-4-19(5-7-20)10-14-17-15(23-18-14)13-2-1-9-24-13/h1-3,8-9,11H,4-7,10H2. The van der Waals surface area contributed by atoms with Crippen molar-refractivity contribution in [2.45, 2.75) is 6.54 Å². The first-order chi connectivity index (χ1) is 11.8. The molecule has 7 nitrogen and oxygen atoms in total. The fourth-order valence-corrected chi connectivity index (χ4v) is 3.34. The minimum absolute atomic E-state index is 0.0166. The highest BCUT2D eigenvalue weighted by atomic mass is 32.1. The smallest absolute Gasteiger partial charge is 0.268 e. The van der Waals surface area contributed by atoms with Crippen molar-refractivity contribution in [3.05, 3.63) is 47.5 Å². The minimum Gasteiger partial charge on any atom is -0.472 e. The molecule has 1 aliphatic rings. The van der Waals surface area contributed by atoms with Crippen molar-refractivity contribution in [2.24, 2.45) is 0 Å². The van der Waals surface area contributed by atoms with E-state index in [0.29, 0.717) is 36.9 Å². The Balaban J connectivity index is 1.33. The van der Waals surface area contributed by atoms with Crippen molar-refractivity contribution < 1.29 is 13.7 Å². The van der Waals surface area contributed by atoms with Crippen LogP contribution in [0.25, 0.3) is 10.8 Å². The molecule has 1 amide bonds. The van der Waals surface area contributed by atoms with Gasteiger partial charge in [0.1, 0.15) is 6.26 Å². The van der Waals surface area contributed by atoms with Crippen molar-refractivity contribution in [3.8, 4) is 10.8 Å². The van der Waals surface area contributed by atoms with Gasteiger partial charge in [-0.15, -0.1) is 11.3 Å². The Morgan fingerprint density at radius 1 is 1.25 bits per heavy atom. The summed E-state index contributed by atoms with van der Waals surface area (Å²) < 4.78 is 10.3. The molecule has 0 radical (unpaired) electrons.